The number of aliphatic hydroxyl groups is 2. The van der Waals surface area contributed by atoms with Gasteiger partial charge in [-0.05, 0) is 6.92 Å². The molecule has 0 spiro atoms. The first kappa shape index (κ1) is 26.8. The molecule has 1 aromatic rings. The fourth-order valence-electron chi connectivity index (χ4n) is 2.60. The minimum absolute atomic E-state index is 0.666. The van der Waals surface area contributed by atoms with Crippen LogP contribution >= 0.6 is 23.5 Å². The third kappa shape index (κ3) is 6.53. The zero-order chi connectivity index (χ0) is 24.5. The molecular formula is C12H17N2O15P3. The van der Waals surface area contributed by atoms with E-state index in [0.717, 1.165) is 12.3 Å². The van der Waals surface area contributed by atoms with Crippen molar-refractivity contribution in [1.29, 1.82) is 0 Å². The van der Waals surface area contributed by atoms with E-state index in [0.29, 0.717) is 4.57 Å². The van der Waals surface area contributed by atoms with Gasteiger partial charge in [0.05, 0.1) is 6.61 Å². The second kappa shape index (κ2) is 9.41. The Bertz CT molecular complexity index is 1180. The lowest BCUT2D eigenvalue weighted by Crippen LogP contribution is -2.48. The first-order valence-corrected chi connectivity index (χ1v) is 12.6. The number of phosphoric acid groups is 3. The summed E-state index contributed by atoms with van der Waals surface area (Å²) in [6.07, 6.45) is -4.52. The summed E-state index contributed by atoms with van der Waals surface area (Å²) in [5.74, 6) is 4.52. The van der Waals surface area contributed by atoms with Crippen molar-refractivity contribution in [3.63, 3.8) is 0 Å². The van der Waals surface area contributed by atoms with Gasteiger partial charge in [0.25, 0.3) is 5.56 Å². The molecule has 0 bridgehead atoms. The maximum absolute atomic E-state index is 12.0. The van der Waals surface area contributed by atoms with E-state index in [1.165, 1.54) is 6.92 Å². The number of H-pyrrole nitrogens is 1. The van der Waals surface area contributed by atoms with Gasteiger partial charge in [-0.15, -0.1) is 5.92 Å². The van der Waals surface area contributed by atoms with Crippen LogP contribution in [0.4, 0.5) is 0 Å². The van der Waals surface area contributed by atoms with Crippen LogP contribution in [0.2, 0.25) is 0 Å². The van der Waals surface area contributed by atoms with Gasteiger partial charge in [-0.25, -0.2) is 18.5 Å². The average molecular weight is 522 g/mol. The normalized spacial score (nSPS) is 29.5. The van der Waals surface area contributed by atoms with Crippen molar-refractivity contribution in [1.82, 2.24) is 9.55 Å². The van der Waals surface area contributed by atoms with Crippen molar-refractivity contribution in [2.75, 3.05) is 6.61 Å². The molecule has 1 aliphatic heterocycles. The first-order valence-electron chi connectivity index (χ1n) is 8.09. The quantitative estimate of drug-likeness (QED) is 0.142. The molecule has 1 aliphatic rings. The van der Waals surface area contributed by atoms with E-state index in [-0.39, 0.29) is 0 Å². The Morgan fingerprint density at radius 3 is 2.34 bits per heavy atom. The smallest absolute Gasteiger partial charge is 0.386 e. The number of aromatic nitrogens is 2. The largest absolute Gasteiger partial charge is 0.490 e. The molecule has 180 valence electrons. The predicted octanol–water partition coefficient (Wildman–Crippen LogP) is -2.11. The van der Waals surface area contributed by atoms with Crippen molar-refractivity contribution in [2.45, 2.75) is 31.0 Å². The van der Waals surface area contributed by atoms with Crippen LogP contribution in [0, 0.1) is 11.8 Å². The van der Waals surface area contributed by atoms with Crippen LogP contribution in [0.3, 0.4) is 0 Å². The molecular weight excluding hydrogens is 505 g/mol. The molecule has 0 aliphatic carbocycles. The van der Waals surface area contributed by atoms with Crippen LogP contribution in [-0.4, -0.2) is 63.8 Å². The van der Waals surface area contributed by atoms with E-state index in [9.17, 15) is 38.4 Å². The Balaban J connectivity index is 2.24. The minimum atomic E-state index is -5.77. The first-order chi connectivity index (χ1) is 14.5. The highest BCUT2D eigenvalue weighted by molar-refractivity contribution is 7.66. The van der Waals surface area contributed by atoms with Gasteiger partial charge < -0.3 is 34.5 Å². The lowest BCUT2D eigenvalue weighted by molar-refractivity contribution is -0.0762. The molecule has 0 saturated carbocycles. The van der Waals surface area contributed by atoms with E-state index < -0.39 is 65.4 Å². The fraction of sp³-hybridized carbons (Fsp3) is 0.500. The van der Waals surface area contributed by atoms with Crippen LogP contribution in [0.15, 0.2) is 21.9 Å². The molecule has 0 amide bonds. The van der Waals surface area contributed by atoms with Gasteiger partial charge in [0.1, 0.15) is 12.2 Å². The van der Waals surface area contributed by atoms with E-state index in [1.54, 1.807) is 0 Å². The molecule has 1 aromatic heterocycles. The van der Waals surface area contributed by atoms with Gasteiger partial charge in [-0.2, -0.15) is 8.62 Å². The van der Waals surface area contributed by atoms with E-state index >= 15 is 0 Å². The highest BCUT2D eigenvalue weighted by Crippen LogP contribution is 2.66. The van der Waals surface area contributed by atoms with Crippen LogP contribution < -0.4 is 11.2 Å². The SMILES string of the molecule is CC#C[C@@]1(O)C(O)[C@@H](COP(=O)(O)OP(=O)(O)OP(=O)(O)O)O[C@@H]1n1ccc(=O)[nH]c1=O. The summed E-state index contributed by atoms with van der Waals surface area (Å²) in [7, 11) is -16.9. The van der Waals surface area contributed by atoms with Crippen molar-refractivity contribution >= 4 is 23.5 Å². The highest BCUT2D eigenvalue weighted by atomic mass is 31.3. The minimum Gasteiger partial charge on any atom is -0.386 e. The van der Waals surface area contributed by atoms with Crippen LogP contribution in [0.5, 0.6) is 0 Å². The van der Waals surface area contributed by atoms with Gasteiger partial charge >= 0.3 is 29.2 Å². The maximum Gasteiger partial charge on any atom is 0.490 e. The van der Waals surface area contributed by atoms with Crippen molar-refractivity contribution in [3.05, 3.63) is 33.1 Å². The number of hydrogen-bond acceptors (Lipinski definition) is 11. The van der Waals surface area contributed by atoms with Gasteiger partial charge in [0.15, 0.2) is 11.8 Å². The Morgan fingerprint density at radius 2 is 1.81 bits per heavy atom. The second-order valence-electron chi connectivity index (χ2n) is 6.08. The van der Waals surface area contributed by atoms with Crippen molar-refractivity contribution in [2.24, 2.45) is 0 Å². The van der Waals surface area contributed by atoms with Gasteiger partial charge in [-0.3, -0.25) is 18.9 Å². The Kier molecular flexibility index (Phi) is 7.88. The summed E-state index contributed by atoms with van der Waals surface area (Å²) >= 11 is 0. The number of rotatable bonds is 8. The summed E-state index contributed by atoms with van der Waals surface area (Å²) < 4.78 is 51.2. The molecule has 20 heteroatoms. The Hall–Kier alpha value is -1.47. The van der Waals surface area contributed by atoms with Gasteiger partial charge in [0, 0.05) is 12.3 Å². The Morgan fingerprint density at radius 1 is 1.19 bits per heavy atom. The third-order valence-electron chi connectivity index (χ3n) is 3.73. The van der Waals surface area contributed by atoms with Crippen LogP contribution in [0.25, 0.3) is 0 Å². The summed E-state index contributed by atoms with van der Waals surface area (Å²) in [5, 5.41) is 21.2. The number of hydrogen-bond donors (Lipinski definition) is 7. The zero-order valence-corrected chi connectivity index (χ0v) is 18.4. The lowest BCUT2D eigenvalue weighted by Gasteiger charge is -2.26. The van der Waals surface area contributed by atoms with Crippen molar-refractivity contribution < 1.29 is 61.4 Å². The lowest BCUT2D eigenvalue weighted by atomic mass is 9.94. The maximum atomic E-state index is 12.0. The average Bonchev–Trinajstić information content (AvgIpc) is 2.82. The fourth-order valence-corrected chi connectivity index (χ4v) is 5.63. The molecule has 2 rings (SSSR count). The van der Waals surface area contributed by atoms with E-state index in [4.69, 9.17) is 19.4 Å². The van der Waals surface area contributed by atoms with Crippen LogP contribution in [-0.2, 0) is 31.6 Å². The molecule has 0 radical (unpaired) electrons. The highest BCUT2D eigenvalue weighted by Gasteiger charge is 2.56. The Labute approximate surface area is 177 Å². The molecule has 0 aromatic carbocycles. The number of aromatic amines is 1. The number of nitrogens with zero attached hydrogens (tertiary/aromatic N) is 1. The topological polar surface area (TPSA) is 264 Å². The van der Waals surface area contributed by atoms with Crippen LogP contribution in [0.1, 0.15) is 13.2 Å². The number of nitrogens with one attached hydrogen (secondary N) is 1. The molecule has 1 fully saturated rings. The monoisotopic (exact) mass is 522 g/mol. The molecule has 1 saturated heterocycles. The van der Waals surface area contributed by atoms with Gasteiger partial charge in [-0.1, -0.05) is 5.92 Å². The molecule has 32 heavy (non-hydrogen) atoms. The number of phosphoric ester groups is 1. The van der Waals surface area contributed by atoms with E-state index in [1.807, 2.05) is 4.98 Å². The summed E-state index contributed by atoms with van der Waals surface area (Å²) in [6, 6.07) is 0.899. The third-order valence-corrected chi connectivity index (χ3v) is 7.53. The second-order valence-corrected chi connectivity index (χ2v) is 10.5. The zero-order valence-electron chi connectivity index (χ0n) is 15.7. The number of aliphatic hydroxyl groups excluding tert-OH is 1. The van der Waals surface area contributed by atoms with E-state index in [2.05, 4.69) is 25.0 Å². The predicted molar refractivity (Wildman–Crippen MR) is 99.5 cm³/mol. The number of ether oxygens (including phenoxy) is 1. The molecule has 2 heterocycles. The summed E-state index contributed by atoms with van der Waals surface area (Å²) in [4.78, 5) is 60.8. The molecule has 7 N–H and O–H groups in total. The molecule has 17 nitrogen and oxygen atoms in total. The summed E-state index contributed by atoms with van der Waals surface area (Å²) in [5.41, 5.74) is -4.32. The summed E-state index contributed by atoms with van der Waals surface area (Å²) in [6.45, 7) is 0.157. The standard InChI is InChI=1S/C12H17N2O15P3/c1-2-4-12(18)9(16)7(27-10(12)14-5-3-8(15)13-11(14)17)6-26-31(22,23)29-32(24,25)28-30(19,20)21/h3,5,7,9-10,16,18H,6H2,1H3,(H,22,23)(H,24,25)(H,13,15,17)(H2,19,20,21)/t7-,9?,10+,12-/m1/s1. The van der Waals surface area contributed by atoms with Gasteiger partial charge in [0.2, 0.25) is 0 Å². The molecule has 3 unspecified atom stereocenters. The molecule has 6 atom stereocenters. The van der Waals surface area contributed by atoms with Crippen molar-refractivity contribution in [3.8, 4) is 11.8 Å².